The number of carbonyl (C=O) groups excluding carboxylic acids is 3. The molecular formula is C29H40N8O7. The van der Waals surface area contributed by atoms with Crippen LogP contribution in [0.4, 0.5) is 11.4 Å². The molecule has 3 rings (SSSR count). The first-order valence-corrected chi connectivity index (χ1v) is 14.1. The number of nitrogens with one attached hydrogen (secondary N) is 2. The van der Waals surface area contributed by atoms with Crippen molar-refractivity contribution in [3.8, 4) is 0 Å². The number of aliphatic carboxylic acids is 1. The Bertz CT molecular complexity index is 1300. The molecule has 1 aliphatic heterocycles. The molecule has 15 nitrogen and oxygen atoms in total. The maximum Gasteiger partial charge on any atom is 0.300 e. The van der Waals surface area contributed by atoms with E-state index in [4.69, 9.17) is 27.1 Å². The van der Waals surface area contributed by atoms with Gasteiger partial charge in [-0.2, -0.15) is 0 Å². The van der Waals surface area contributed by atoms with Gasteiger partial charge in [-0.3, -0.25) is 34.3 Å². The zero-order valence-electron chi connectivity index (χ0n) is 24.6. The number of anilines is 1. The molecule has 0 aliphatic carbocycles. The van der Waals surface area contributed by atoms with Gasteiger partial charge in [0, 0.05) is 37.8 Å². The second kappa shape index (κ2) is 17.8. The summed E-state index contributed by atoms with van der Waals surface area (Å²) < 4.78 is 0. The number of nitro groups is 1. The van der Waals surface area contributed by atoms with Crippen LogP contribution in [0.1, 0.15) is 44.6 Å². The number of likely N-dealkylation sites (tertiary alicyclic amines) is 1. The predicted molar refractivity (Wildman–Crippen MR) is 164 cm³/mol. The average Bonchev–Trinajstić information content (AvgIpc) is 2.98. The molecule has 3 unspecified atom stereocenters. The van der Waals surface area contributed by atoms with E-state index in [1.165, 1.54) is 29.2 Å². The minimum Gasteiger partial charge on any atom is -0.481 e. The maximum atomic E-state index is 13.5. The summed E-state index contributed by atoms with van der Waals surface area (Å²) in [6.07, 6.45) is 2.90. The number of nitrogens with two attached hydrogens (primary N) is 3. The third kappa shape index (κ3) is 12.1. The number of carboxylic acid groups (broad SMARTS) is 1. The first kappa shape index (κ1) is 35.1. The second-order valence-corrected chi connectivity index (χ2v) is 10.2. The number of benzene rings is 2. The van der Waals surface area contributed by atoms with Crippen LogP contribution in [0.3, 0.4) is 0 Å². The van der Waals surface area contributed by atoms with Crippen molar-refractivity contribution < 1.29 is 29.2 Å². The third-order valence-corrected chi connectivity index (χ3v) is 6.63. The molecule has 1 aliphatic rings. The van der Waals surface area contributed by atoms with Crippen LogP contribution in [0.15, 0.2) is 59.6 Å². The zero-order chi connectivity index (χ0) is 32.6. The molecule has 2 aromatic carbocycles. The van der Waals surface area contributed by atoms with Crippen molar-refractivity contribution in [1.29, 1.82) is 0 Å². The van der Waals surface area contributed by atoms with Crippen molar-refractivity contribution in [1.82, 2.24) is 10.2 Å². The molecule has 1 fully saturated rings. The standard InChI is InChI=1S/C27H36N8O5.C2H4O2/c28-21(17-18-7-2-1-3-8-18)26(38)34-16-5-4-10-23(34)25(37)33-22(9-6-15-31-27(29)30)24(36)32-19-11-13-20(14-12-19)35(39)40;1-2(3)4/h1-3,7-8,11-14,21-23H,4-6,9-10,15-17,28H2,(H,32,36)(H,33,37)(H4,29,30,31);1H3,(H,3,4). The lowest BCUT2D eigenvalue weighted by atomic mass is 9.98. The van der Waals surface area contributed by atoms with Gasteiger partial charge < -0.3 is 37.8 Å². The Morgan fingerprint density at radius 1 is 1.09 bits per heavy atom. The number of piperidine rings is 1. The van der Waals surface area contributed by atoms with Crippen LogP contribution in [-0.2, 0) is 25.6 Å². The summed E-state index contributed by atoms with van der Waals surface area (Å²) in [6, 6.07) is 12.2. The number of amides is 3. The van der Waals surface area contributed by atoms with E-state index < -0.39 is 40.8 Å². The molecule has 238 valence electrons. The van der Waals surface area contributed by atoms with E-state index in [2.05, 4.69) is 15.6 Å². The van der Waals surface area contributed by atoms with Gasteiger partial charge in [-0.15, -0.1) is 0 Å². The summed E-state index contributed by atoms with van der Waals surface area (Å²) in [5.41, 5.74) is 18.2. The lowest BCUT2D eigenvalue weighted by molar-refractivity contribution is -0.384. The van der Waals surface area contributed by atoms with Crippen LogP contribution in [0.25, 0.3) is 0 Å². The second-order valence-electron chi connectivity index (χ2n) is 10.2. The monoisotopic (exact) mass is 612 g/mol. The summed E-state index contributed by atoms with van der Waals surface area (Å²) in [5.74, 6) is -2.20. The number of hydrogen-bond acceptors (Lipinski definition) is 8. The van der Waals surface area contributed by atoms with Gasteiger partial charge in [0.2, 0.25) is 17.7 Å². The zero-order valence-corrected chi connectivity index (χ0v) is 24.6. The first-order chi connectivity index (χ1) is 20.9. The normalized spacial score (nSPS) is 15.4. The highest BCUT2D eigenvalue weighted by atomic mass is 16.6. The SMILES string of the molecule is CC(=O)O.NC(N)=NCCCC(NC(=O)C1CCCCN1C(=O)C(N)Cc1ccccc1)C(=O)Nc1ccc([N+](=O)[O-])cc1. The Labute approximate surface area is 255 Å². The fourth-order valence-electron chi connectivity index (χ4n) is 4.57. The fourth-order valence-corrected chi connectivity index (χ4v) is 4.57. The average molecular weight is 613 g/mol. The number of aliphatic imine (C=N–C) groups is 1. The maximum absolute atomic E-state index is 13.5. The van der Waals surface area contributed by atoms with Gasteiger partial charge in [0.15, 0.2) is 5.96 Å². The number of rotatable bonds is 12. The van der Waals surface area contributed by atoms with E-state index in [-0.39, 0.29) is 30.5 Å². The lowest BCUT2D eigenvalue weighted by Gasteiger charge is -2.37. The number of guanidine groups is 1. The summed E-state index contributed by atoms with van der Waals surface area (Å²) in [5, 5.41) is 23.8. The van der Waals surface area contributed by atoms with Crippen molar-refractivity contribution >= 4 is 41.0 Å². The molecule has 3 amide bonds. The summed E-state index contributed by atoms with van der Waals surface area (Å²) >= 11 is 0. The van der Waals surface area contributed by atoms with Crippen LogP contribution in [0.5, 0.6) is 0 Å². The molecule has 15 heteroatoms. The number of hydrogen-bond donors (Lipinski definition) is 6. The predicted octanol–water partition coefficient (Wildman–Crippen LogP) is 1.11. The van der Waals surface area contributed by atoms with Crippen LogP contribution < -0.4 is 27.8 Å². The number of carbonyl (C=O) groups is 4. The van der Waals surface area contributed by atoms with Crippen molar-refractivity contribution in [2.45, 2.75) is 63.6 Å². The van der Waals surface area contributed by atoms with Crippen LogP contribution >= 0.6 is 0 Å². The van der Waals surface area contributed by atoms with Crippen LogP contribution in [0, 0.1) is 10.1 Å². The highest BCUT2D eigenvalue weighted by molar-refractivity contribution is 5.98. The Morgan fingerprint density at radius 2 is 1.73 bits per heavy atom. The topological polar surface area (TPSA) is 249 Å². The van der Waals surface area contributed by atoms with Gasteiger partial charge in [0.25, 0.3) is 11.7 Å². The highest BCUT2D eigenvalue weighted by Crippen LogP contribution is 2.20. The molecule has 1 saturated heterocycles. The number of non-ortho nitro benzene ring substituents is 1. The Balaban J connectivity index is 0.00000159. The van der Waals surface area contributed by atoms with Crippen LogP contribution in [0.2, 0.25) is 0 Å². The fraction of sp³-hybridized carbons (Fsp3) is 0.414. The minimum atomic E-state index is -0.964. The Hall–Kier alpha value is -5.05. The van der Waals surface area contributed by atoms with E-state index in [1.54, 1.807) is 0 Å². The molecule has 3 atom stereocenters. The molecule has 0 spiro atoms. The lowest BCUT2D eigenvalue weighted by Crippen LogP contribution is -2.58. The van der Waals surface area contributed by atoms with Crippen molar-refractivity contribution in [2.75, 3.05) is 18.4 Å². The van der Waals surface area contributed by atoms with Crippen molar-refractivity contribution in [3.63, 3.8) is 0 Å². The van der Waals surface area contributed by atoms with Gasteiger partial charge in [-0.05, 0) is 56.2 Å². The van der Waals surface area contributed by atoms with Gasteiger partial charge in [0.05, 0.1) is 11.0 Å². The first-order valence-electron chi connectivity index (χ1n) is 14.1. The Kier molecular flexibility index (Phi) is 14.2. The van der Waals surface area contributed by atoms with E-state index in [1.807, 2.05) is 30.3 Å². The van der Waals surface area contributed by atoms with E-state index in [0.717, 1.165) is 25.3 Å². The van der Waals surface area contributed by atoms with Crippen LogP contribution in [-0.4, -0.2) is 75.8 Å². The van der Waals surface area contributed by atoms with Crippen molar-refractivity contribution in [2.24, 2.45) is 22.2 Å². The molecule has 0 saturated carbocycles. The molecule has 1 heterocycles. The van der Waals surface area contributed by atoms with E-state index in [0.29, 0.717) is 31.5 Å². The minimum absolute atomic E-state index is 0.0841. The summed E-state index contributed by atoms with van der Waals surface area (Å²) in [6.45, 7) is 1.73. The van der Waals surface area contributed by atoms with Gasteiger partial charge in [0.1, 0.15) is 12.1 Å². The smallest absolute Gasteiger partial charge is 0.300 e. The van der Waals surface area contributed by atoms with E-state index >= 15 is 0 Å². The van der Waals surface area contributed by atoms with E-state index in [9.17, 15) is 24.5 Å². The molecule has 0 bridgehead atoms. The molecule has 2 aromatic rings. The number of carboxylic acids is 1. The molecule has 9 N–H and O–H groups in total. The third-order valence-electron chi connectivity index (χ3n) is 6.63. The van der Waals surface area contributed by atoms with Gasteiger partial charge in [-0.25, -0.2) is 0 Å². The molecule has 0 radical (unpaired) electrons. The summed E-state index contributed by atoms with van der Waals surface area (Å²) in [4.78, 5) is 64.7. The molecule has 0 aromatic heterocycles. The number of nitro benzene ring substituents is 1. The molecular weight excluding hydrogens is 572 g/mol. The largest absolute Gasteiger partial charge is 0.481 e. The van der Waals surface area contributed by atoms with Gasteiger partial charge >= 0.3 is 0 Å². The number of nitrogens with zero attached hydrogens (tertiary/aromatic N) is 3. The van der Waals surface area contributed by atoms with Crippen molar-refractivity contribution in [3.05, 3.63) is 70.3 Å². The Morgan fingerprint density at radius 3 is 2.32 bits per heavy atom. The highest BCUT2D eigenvalue weighted by Gasteiger charge is 2.36. The quantitative estimate of drug-likeness (QED) is 0.0655. The van der Waals surface area contributed by atoms with Gasteiger partial charge in [-0.1, -0.05) is 30.3 Å². The summed E-state index contributed by atoms with van der Waals surface area (Å²) in [7, 11) is 0. The molecule has 44 heavy (non-hydrogen) atoms.